The molecule has 20 heavy (non-hydrogen) atoms. The standard InChI is InChI=1S/C17H20N2O/c1-19(14-6-4-7-15(11-14)20-2)17-8-3-5-13-9-10-18-12-16(13)17/h3-8,11,18H,9-10,12H2,1-2H3. The minimum atomic E-state index is 0.886. The van der Waals surface area contributed by atoms with Gasteiger partial charge in [0.15, 0.2) is 0 Å². The molecule has 0 aliphatic carbocycles. The summed E-state index contributed by atoms with van der Waals surface area (Å²) in [6, 6.07) is 14.7. The first-order chi connectivity index (χ1) is 9.79. The van der Waals surface area contributed by atoms with Crippen LogP contribution in [-0.4, -0.2) is 20.7 Å². The lowest BCUT2D eigenvalue weighted by Gasteiger charge is -2.27. The van der Waals surface area contributed by atoms with Gasteiger partial charge >= 0.3 is 0 Å². The Morgan fingerprint density at radius 2 is 2.00 bits per heavy atom. The van der Waals surface area contributed by atoms with Crippen molar-refractivity contribution in [1.82, 2.24) is 5.32 Å². The fourth-order valence-corrected chi connectivity index (χ4v) is 2.77. The molecule has 0 radical (unpaired) electrons. The van der Waals surface area contributed by atoms with Crippen molar-refractivity contribution < 1.29 is 4.74 Å². The predicted octanol–water partition coefficient (Wildman–Crippen LogP) is 3.11. The van der Waals surface area contributed by atoms with E-state index in [9.17, 15) is 0 Å². The summed E-state index contributed by atoms with van der Waals surface area (Å²) in [7, 11) is 3.81. The molecule has 0 spiro atoms. The third-order valence-electron chi connectivity index (χ3n) is 3.92. The lowest BCUT2D eigenvalue weighted by molar-refractivity contribution is 0.415. The van der Waals surface area contributed by atoms with Gasteiger partial charge in [0.05, 0.1) is 7.11 Å². The Morgan fingerprint density at radius 1 is 1.15 bits per heavy atom. The van der Waals surface area contributed by atoms with Crippen molar-refractivity contribution in [3.05, 3.63) is 53.6 Å². The largest absolute Gasteiger partial charge is 0.497 e. The maximum absolute atomic E-state index is 5.31. The Balaban J connectivity index is 1.99. The lowest BCUT2D eigenvalue weighted by Crippen LogP contribution is -2.26. The molecule has 104 valence electrons. The van der Waals surface area contributed by atoms with Gasteiger partial charge in [-0.3, -0.25) is 0 Å². The van der Waals surface area contributed by atoms with Gasteiger partial charge in [-0.15, -0.1) is 0 Å². The van der Waals surface area contributed by atoms with E-state index in [1.807, 2.05) is 12.1 Å². The van der Waals surface area contributed by atoms with E-state index >= 15 is 0 Å². The molecule has 0 fully saturated rings. The number of hydrogen-bond acceptors (Lipinski definition) is 3. The lowest BCUT2D eigenvalue weighted by atomic mass is 9.98. The predicted molar refractivity (Wildman–Crippen MR) is 82.9 cm³/mol. The maximum Gasteiger partial charge on any atom is 0.120 e. The summed E-state index contributed by atoms with van der Waals surface area (Å²) in [5.41, 5.74) is 5.27. The number of rotatable bonds is 3. The zero-order chi connectivity index (χ0) is 13.9. The first kappa shape index (κ1) is 13.0. The number of fused-ring (bicyclic) bond motifs is 1. The highest BCUT2D eigenvalue weighted by molar-refractivity contribution is 5.68. The summed E-state index contributed by atoms with van der Waals surface area (Å²) in [6.07, 6.45) is 1.11. The molecule has 0 saturated heterocycles. The van der Waals surface area contributed by atoms with Gasteiger partial charge in [-0.05, 0) is 42.3 Å². The molecule has 3 nitrogen and oxygen atoms in total. The molecule has 0 atom stereocenters. The van der Waals surface area contributed by atoms with Crippen LogP contribution in [0, 0.1) is 0 Å². The summed E-state index contributed by atoms with van der Waals surface area (Å²) >= 11 is 0. The van der Waals surface area contributed by atoms with Crippen molar-refractivity contribution in [2.24, 2.45) is 0 Å². The number of benzene rings is 2. The molecule has 0 bridgehead atoms. The van der Waals surface area contributed by atoms with Gasteiger partial charge in [0.1, 0.15) is 5.75 Å². The molecule has 1 N–H and O–H groups in total. The Labute approximate surface area is 120 Å². The van der Waals surface area contributed by atoms with Crippen LogP contribution in [0.25, 0.3) is 0 Å². The van der Waals surface area contributed by atoms with Crippen molar-refractivity contribution in [3.63, 3.8) is 0 Å². The van der Waals surface area contributed by atoms with Gasteiger partial charge < -0.3 is 15.0 Å². The molecule has 3 rings (SSSR count). The van der Waals surface area contributed by atoms with Crippen LogP contribution in [0.5, 0.6) is 5.75 Å². The summed E-state index contributed by atoms with van der Waals surface area (Å²) in [5.74, 6) is 0.886. The van der Waals surface area contributed by atoms with Gasteiger partial charge in [-0.1, -0.05) is 18.2 Å². The van der Waals surface area contributed by atoms with E-state index in [0.29, 0.717) is 0 Å². The second kappa shape index (κ2) is 5.55. The highest BCUT2D eigenvalue weighted by atomic mass is 16.5. The van der Waals surface area contributed by atoms with Crippen molar-refractivity contribution >= 4 is 11.4 Å². The molecule has 0 aromatic heterocycles. The van der Waals surface area contributed by atoms with Crippen LogP contribution in [0.1, 0.15) is 11.1 Å². The van der Waals surface area contributed by atoms with Gasteiger partial charge in [-0.2, -0.15) is 0 Å². The zero-order valence-corrected chi connectivity index (χ0v) is 12.0. The molecular weight excluding hydrogens is 248 g/mol. The van der Waals surface area contributed by atoms with E-state index < -0.39 is 0 Å². The molecule has 0 unspecified atom stereocenters. The SMILES string of the molecule is COc1cccc(N(C)c2cccc3c2CNCC3)c1. The van der Waals surface area contributed by atoms with Gasteiger partial charge in [0.2, 0.25) is 0 Å². The Kier molecular flexibility index (Phi) is 3.61. The Hall–Kier alpha value is -2.00. The summed E-state index contributed by atoms with van der Waals surface area (Å²) in [6.45, 7) is 2.01. The monoisotopic (exact) mass is 268 g/mol. The molecule has 1 heterocycles. The van der Waals surface area contributed by atoms with Crippen molar-refractivity contribution in [2.45, 2.75) is 13.0 Å². The summed E-state index contributed by atoms with van der Waals surface area (Å²) in [5, 5.41) is 3.46. The van der Waals surface area contributed by atoms with Crippen LogP contribution in [0.2, 0.25) is 0 Å². The molecule has 0 saturated carbocycles. The summed E-state index contributed by atoms with van der Waals surface area (Å²) < 4.78 is 5.31. The normalized spacial score (nSPS) is 13.7. The van der Waals surface area contributed by atoms with E-state index in [-0.39, 0.29) is 0 Å². The third-order valence-corrected chi connectivity index (χ3v) is 3.92. The summed E-state index contributed by atoms with van der Waals surface area (Å²) in [4.78, 5) is 2.23. The molecule has 1 aliphatic heterocycles. The third kappa shape index (κ3) is 2.37. The molecule has 2 aromatic carbocycles. The van der Waals surface area contributed by atoms with Crippen LogP contribution < -0.4 is 15.0 Å². The average molecular weight is 268 g/mol. The minimum Gasteiger partial charge on any atom is -0.497 e. The van der Waals surface area contributed by atoms with Crippen LogP contribution >= 0.6 is 0 Å². The van der Waals surface area contributed by atoms with E-state index in [2.05, 4.69) is 47.6 Å². The van der Waals surface area contributed by atoms with Crippen molar-refractivity contribution in [2.75, 3.05) is 25.6 Å². The molecular formula is C17H20N2O. The quantitative estimate of drug-likeness (QED) is 0.925. The zero-order valence-electron chi connectivity index (χ0n) is 12.0. The first-order valence-corrected chi connectivity index (χ1v) is 6.99. The Bertz CT molecular complexity index is 610. The number of ether oxygens (including phenoxy) is 1. The smallest absolute Gasteiger partial charge is 0.120 e. The van der Waals surface area contributed by atoms with Crippen molar-refractivity contribution in [1.29, 1.82) is 0 Å². The fourth-order valence-electron chi connectivity index (χ4n) is 2.77. The van der Waals surface area contributed by atoms with Gasteiger partial charge in [0.25, 0.3) is 0 Å². The highest BCUT2D eigenvalue weighted by Gasteiger charge is 2.15. The van der Waals surface area contributed by atoms with E-state index in [4.69, 9.17) is 4.74 Å². The van der Waals surface area contributed by atoms with Gasteiger partial charge in [-0.25, -0.2) is 0 Å². The van der Waals surface area contributed by atoms with Crippen molar-refractivity contribution in [3.8, 4) is 5.75 Å². The van der Waals surface area contributed by atoms with Crippen LogP contribution in [-0.2, 0) is 13.0 Å². The van der Waals surface area contributed by atoms with Gasteiger partial charge in [0, 0.05) is 31.0 Å². The minimum absolute atomic E-state index is 0.886. The topological polar surface area (TPSA) is 24.5 Å². The van der Waals surface area contributed by atoms with Crippen LogP contribution in [0.15, 0.2) is 42.5 Å². The molecule has 2 aromatic rings. The van der Waals surface area contributed by atoms with Crippen LogP contribution in [0.4, 0.5) is 11.4 Å². The number of nitrogens with zero attached hydrogens (tertiary/aromatic N) is 1. The second-order valence-corrected chi connectivity index (χ2v) is 5.10. The molecule has 1 aliphatic rings. The van der Waals surface area contributed by atoms with E-state index in [1.165, 1.54) is 16.8 Å². The fraction of sp³-hybridized carbons (Fsp3) is 0.294. The number of hydrogen-bond donors (Lipinski definition) is 1. The van der Waals surface area contributed by atoms with E-state index in [0.717, 1.165) is 30.9 Å². The highest BCUT2D eigenvalue weighted by Crippen LogP contribution is 2.32. The molecule has 0 amide bonds. The molecule has 3 heteroatoms. The number of methoxy groups -OCH3 is 1. The van der Waals surface area contributed by atoms with E-state index in [1.54, 1.807) is 7.11 Å². The first-order valence-electron chi connectivity index (χ1n) is 6.99. The second-order valence-electron chi connectivity index (χ2n) is 5.10. The average Bonchev–Trinajstić information content (AvgIpc) is 2.53. The maximum atomic E-state index is 5.31. The number of anilines is 2. The van der Waals surface area contributed by atoms with Crippen LogP contribution in [0.3, 0.4) is 0 Å². The number of nitrogens with one attached hydrogen (secondary N) is 1. The Morgan fingerprint density at radius 3 is 2.85 bits per heavy atom.